The number of nitrogens with one attached hydrogen (secondary N) is 2. The maximum atomic E-state index is 13.6. The van der Waals surface area contributed by atoms with Crippen molar-refractivity contribution in [3.8, 4) is 17.2 Å². The molecule has 0 saturated heterocycles. The van der Waals surface area contributed by atoms with Gasteiger partial charge in [-0.2, -0.15) is 5.26 Å². The van der Waals surface area contributed by atoms with Gasteiger partial charge in [0.05, 0.1) is 28.3 Å². The molecule has 0 saturated carbocycles. The van der Waals surface area contributed by atoms with Crippen LogP contribution in [0.25, 0.3) is 22.0 Å². The van der Waals surface area contributed by atoms with Crippen LogP contribution in [0.15, 0.2) is 121 Å². The Bertz CT molecular complexity index is 2080. The molecule has 0 aliphatic heterocycles. The molecule has 6 aromatic rings. The number of carboxylic acid groups (broad SMARTS) is 1. The fourth-order valence-electron chi connectivity index (χ4n) is 5.30. The number of nitriles is 1. The summed E-state index contributed by atoms with van der Waals surface area (Å²) in [6.07, 6.45) is 1.94. The molecule has 1 aromatic heterocycles. The van der Waals surface area contributed by atoms with Crippen LogP contribution in [0.4, 0.5) is 15.8 Å². The van der Waals surface area contributed by atoms with E-state index in [1.54, 1.807) is 42.5 Å². The minimum atomic E-state index is -1.01. The zero-order chi connectivity index (χ0) is 31.3. The molecule has 1 amide bonds. The van der Waals surface area contributed by atoms with Crippen molar-refractivity contribution in [3.05, 3.63) is 155 Å². The predicted molar refractivity (Wildman–Crippen MR) is 172 cm³/mol. The smallest absolute Gasteiger partial charge is 0.335 e. The van der Waals surface area contributed by atoms with Gasteiger partial charge >= 0.3 is 5.97 Å². The number of carbonyl (C=O) groups excluding carboxylic acids is 1. The van der Waals surface area contributed by atoms with Gasteiger partial charge in [-0.1, -0.05) is 48.5 Å². The van der Waals surface area contributed by atoms with E-state index in [2.05, 4.69) is 22.8 Å². The summed E-state index contributed by atoms with van der Waals surface area (Å²) >= 11 is 0. The SMILES string of the molecule is N#Cc1cccc(Nc2ccc(C(=O)NCc3ccc(C(=O)O)cc3)c3c2ccn3Cc2cccc(-c3ccc(F)cc3)c2)c1. The molecule has 8 heteroatoms. The molecule has 0 atom stereocenters. The lowest BCUT2D eigenvalue weighted by atomic mass is 10.0. The lowest BCUT2D eigenvalue weighted by Gasteiger charge is -2.15. The van der Waals surface area contributed by atoms with E-state index < -0.39 is 5.97 Å². The van der Waals surface area contributed by atoms with Crippen molar-refractivity contribution in [2.45, 2.75) is 13.1 Å². The Morgan fingerprint density at radius 2 is 1.60 bits per heavy atom. The van der Waals surface area contributed by atoms with Crippen LogP contribution in [-0.4, -0.2) is 21.6 Å². The predicted octanol–water partition coefficient (Wildman–Crippen LogP) is 7.74. The van der Waals surface area contributed by atoms with Crippen LogP contribution in [0.3, 0.4) is 0 Å². The van der Waals surface area contributed by atoms with Gasteiger partial charge in [0.2, 0.25) is 0 Å². The molecule has 0 fully saturated rings. The molecule has 0 bridgehead atoms. The molecule has 45 heavy (non-hydrogen) atoms. The van der Waals surface area contributed by atoms with Crippen LogP contribution in [-0.2, 0) is 13.1 Å². The van der Waals surface area contributed by atoms with Crippen LogP contribution in [0.2, 0.25) is 0 Å². The largest absolute Gasteiger partial charge is 0.478 e. The van der Waals surface area contributed by atoms with Gasteiger partial charge < -0.3 is 20.3 Å². The maximum Gasteiger partial charge on any atom is 0.335 e. The number of rotatable bonds is 9. The molecule has 0 spiro atoms. The summed E-state index contributed by atoms with van der Waals surface area (Å²) in [5.74, 6) is -1.58. The second-order valence-electron chi connectivity index (χ2n) is 10.6. The molecule has 0 aliphatic carbocycles. The van der Waals surface area contributed by atoms with Crippen molar-refractivity contribution in [2.24, 2.45) is 0 Å². The van der Waals surface area contributed by atoms with E-state index in [1.165, 1.54) is 24.3 Å². The van der Waals surface area contributed by atoms with Crippen LogP contribution < -0.4 is 10.6 Å². The van der Waals surface area contributed by atoms with Gasteiger partial charge in [-0.15, -0.1) is 0 Å². The minimum Gasteiger partial charge on any atom is -0.478 e. The van der Waals surface area contributed by atoms with E-state index in [4.69, 9.17) is 0 Å². The minimum absolute atomic E-state index is 0.177. The normalized spacial score (nSPS) is 10.8. The first-order valence-electron chi connectivity index (χ1n) is 14.2. The fourth-order valence-corrected chi connectivity index (χ4v) is 5.30. The Balaban J connectivity index is 1.34. The number of carbonyl (C=O) groups is 2. The average Bonchev–Trinajstić information content (AvgIpc) is 3.48. The second kappa shape index (κ2) is 12.6. The number of benzene rings is 5. The lowest BCUT2D eigenvalue weighted by Crippen LogP contribution is -2.23. The number of anilines is 2. The van der Waals surface area contributed by atoms with E-state index in [-0.39, 0.29) is 23.8 Å². The lowest BCUT2D eigenvalue weighted by molar-refractivity contribution is 0.0696. The average molecular weight is 595 g/mol. The third-order valence-electron chi connectivity index (χ3n) is 7.55. The molecule has 3 N–H and O–H groups in total. The van der Waals surface area contributed by atoms with Gasteiger partial charge in [-0.25, -0.2) is 9.18 Å². The third kappa shape index (κ3) is 6.43. The quantitative estimate of drug-likeness (QED) is 0.159. The first kappa shape index (κ1) is 28.9. The molecular weight excluding hydrogens is 567 g/mol. The van der Waals surface area contributed by atoms with Gasteiger partial charge in [0.1, 0.15) is 5.82 Å². The van der Waals surface area contributed by atoms with Crippen molar-refractivity contribution in [2.75, 3.05) is 5.32 Å². The Morgan fingerprint density at radius 3 is 2.36 bits per heavy atom. The Hall–Kier alpha value is -6.20. The highest BCUT2D eigenvalue weighted by Crippen LogP contribution is 2.32. The number of hydrogen-bond donors (Lipinski definition) is 3. The highest BCUT2D eigenvalue weighted by atomic mass is 19.1. The molecule has 0 radical (unpaired) electrons. The molecular formula is C37H27FN4O3. The third-order valence-corrected chi connectivity index (χ3v) is 7.55. The second-order valence-corrected chi connectivity index (χ2v) is 10.6. The first-order chi connectivity index (χ1) is 21.9. The summed E-state index contributed by atoms with van der Waals surface area (Å²) in [4.78, 5) is 24.8. The molecule has 5 aromatic carbocycles. The number of amides is 1. The number of nitrogens with zero attached hydrogens (tertiary/aromatic N) is 2. The van der Waals surface area contributed by atoms with E-state index >= 15 is 0 Å². The zero-order valence-electron chi connectivity index (χ0n) is 24.0. The Kier molecular flexibility index (Phi) is 8.08. The zero-order valence-corrected chi connectivity index (χ0v) is 24.0. The van der Waals surface area contributed by atoms with Gasteiger partial charge in [0.25, 0.3) is 5.91 Å². The Labute approximate surface area is 258 Å². The molecule has 6 rings (SSSR count). The summed E-state index contributed by atoms with van der Waals surface area (Å²) in [5, 5.41) is 25.7. The molecule has 7 nitrogen and oxygen atoms in total. The van der Waals surface area contributed by atoms with Gasteiger partial charge in [-0.05, 0) is 89.0 Å². The highest BCUT2D eigenvalue weighted by molar-refractivity contribution is 6.09. The van der Waals surface area contributed by atoms with Gasteiger partial charge in [0.15, 0.2) is 0 Å². The van der Waals surface area contributed by atoms with E-state index in [0.29, 0.717) is 17.7 Å². The van der Waals surface area contributed by atoms with Crippen molar-refractivity contribution in [3.63, 3.8) is 0 Å². The number of halogens is 1. The number of carboxylic acids is 1. The van der Waals surface area contributed by atoms with Crippen LogP contribution >= 0.6 is 0 Å². The number of hydrogen-bond acceptors (Lipinski definition) is 4. The van der Waals surface area contributed by atoms with E-state index in [9.17, 15) is 24.3 Å². The molecule has 0 aliphatic rings. The maximum absolute atomic E-state index is 13.6. The van der Waals surface area contributed by atoms with Crippen LogP contribution in [0.1, 0.15) is 37.4 Å². The van der Waals surface area contributed by atoms with Gasteiger partial charge in [-0.3, -0.25) is 4.79 Å². The first-order valence-corrected chi connectivity index (χ1v) is 14.2. The van der Waals surface area contributed by atoms with Crippen LogP contribution in [0.5, 0.6) is 0 Å². The van der Waals surface area contributed by atoms with Gasteiger partial charge in [0, 0.05) is 36.0 Å². The Morgan fingerprint density at radius 1 is 0.822 bits per heavy atom. The molecule has 220 valence electrons. The van der Waals surface area contributed by atoms with E-state index in [0.717, 1.165) is 44.5 Å². The van der Waals surface area contributed by atoms with Crippen molar-refractivity contribution < 1.29 is 19.1 Å². The molecule has 1 heterocycles. The number of aromatic carboxylic acids is 1. The fraction of sp³-hybridized carbons (Fsp3) is 0.0541. The van der Waals surface area contributed by atoms with Crippen LogP contribution in [0, 0.1) is 17.1 Å². The summed E-state index contributed by atoms with van der Waals surface area (Å²) in [7, 11) is 0. The standard InChI is InChI=1S/C37H27FN4O3/c38-30-13-11-27(12-14-30)29-5-1-4-26(19-29)23-42-18-17-32-34(41-31-6-2-3-25(20-31)21-39)16-15-33(35(32)42)36(43)40-22-24-7-9-28(10-8-24)37(44)45/h1-20,41H,22-23H2,(H,40,43)(H,44,45). The number of fused-ring (bicyclic) bond motifs is 1. The summed E-state index contributed by atoms with van der Waals surface area (Å²) in [6, 6.07) is 35.6. The highest BCUT2D eigenvalue weighted by Gasteiger charge is 2.17. The van der Waals surface area contributed by atoms with Crippen molar-refractivity contribution in [1.29, 1.82) is 5.26 Å². The monoisotopic (exact) mass is 594 g/mol. The topological polar surface area (TPSA) is 107 Å². The number of aromatic nitrogens is 1. The van der Waals surface area contributed by atoms with E-state index in [1.807, 2.05) is 53.2 Å². The summed E-state index contributed by atoms with van der Waals surface area (Å²) < 4.78 is 15.5. The summed E-state index contributed by atoms with van der Waals surface area (Å²) in [6.45, 7) is 0.699. The molecule has 0 unspecified atom stereocenters. The van der Waals surface area contributed by atoms with Crippen molar-refractivity contribution >= 4 is 34.2 Å². The van der Waals surface area contributed by atoms with Crippen molar-refractivity contribution in [1.82, 2.24) is 9.88 Å². The summed E-state index contributed by atoms with van der Waals surface area (Å²) in [5.41, 5.74) is 7.06.